The summed E-state index contributed by atoms with van der Waals surface area (Å²) in [5.74, 6) is -0.0713. The number of aryl methyl sites for hydroxylation is 1. The number of hydrogen-bond donors (Lipinski definition) is 1. The summed E-state index contributed by atoms with van der Waals surface area (Å²) in [5, 5.41) is 3.18. The predicted molar refractivity (Wildman–Crippen MR) is 107 cm³/mol. The summed E-state index contributed by atoms with van der Waals surface area (Å²) < 4.78 is 13.1. The minimum atomic E-state index is -0.212. The number of carbonyl (C=O) groups excluding carboxylic acids is 1. The van der Waals surface area contributed by atoms with Crippen molar-refractivity contribution >= 4 is 5.91 Å². The number of halogens is 1. The molecule has 3 rings (SSSR count). The highest BCUT2D eigenvalue weighted by molar-refractivity contribution is 5.79. The molecule has 1 aliphatic heterocycles. The first kappa shape index (κ1) is 19.6. The third kappa shape index (κ3) is 5.39. The predicted octanol–water partition coefficient (Wildman–Crippen LogP) is 4.48. The standard InChI is InChI=1S/C23H29FN2O/c1-3-18-6-10-20(11-7-18)17(2)25-23(27)21-5-4-14-26(16-21)15-19-8-12-22(24)13-9-19/h6-13,17,21H,3-5,14-16H2,1-2H3,(H,25,27)/t17-,21-/m0/s1. The fourth-order valence-corrected chi connectivity index (χ4v) is 3.72. The van der Waals surface area contributed by atoms with E-state index in [1.54, 1.807) is 0 Å². The third-order valence-corrected chi connectivity index (χ3v) is 5.44. The molecule has 4 heteroatoms. The normalized spacial score (nSPS) is 18.9. The molecule has 0 spiro atoms. The average molecular weight is 368 g/mol. The van der Waals surface area contributed by atoms with E-state index in [1.165, 1.54) is 17.7 Å². The lowest BCUT2D eigenvalue weighted by Gasteiger charge is -2.32. The maximum Gasteiger partial charge on any atom is 0.224 e. The van der Waals surface area contributed by atoms with Crippen molar-refractivity contribution in [3.05, 3.63) is 71.0 Å². The van der Waals surface area contributed by atoms with Crippen LogP contribution in [-0.4, -0.2) is 23.9 Å². The van der Waals surface area contributed by atoms with Crippen molar-refractivity contribution in [1.29, 1.82) is 0 Å². The Balaban J connectivity index is 1.54. The number of amides is 1. The van der Waals surface area contributed by atoms with Crippen molar-refractivity contribution in [2.75, 3.05) is 13.1 Å². The highest BCUT2D eigenvalue weighted by atomic mass is 19.1. The third-order valence-electron chi connectivity index (χ3n) is 5.44. The van der Waals surface area contributed by atoms with Gasteiger partial charge in [-0.05, 0) is 61.6 Å². The van der Waals surface area contributed by atoms with E-state index in [4.69, 9.17) is 0 Å². The Bertz CT molecular complexity index is 742. The van der Waals surface area contributed by atoms with Crippen LogP contribution in [0.2, 0.25) is 0 Å². The Morgan fingerprint density at radius 3 is 2.48 bits per heavy atom. The van der Waals surface area contributed by atoms with Crippen LogP contribution in [-0.2, 0) is 17.8 Å². The van der Waals surface area contributed by atoms with Gasteiger partial charge >= 0.3 is 0 Å². The molecule has 1 saturated heterocycles. The lowest BCUT2D eigenvalue weighted by Crippen LogP contribution is -2.43. The van der Waals surface area contributed by atoms with Gasteiger partial charge in [-0.25, -0.2) is 4.39 Å². The van der Waals surface area contributed by atoms with Gasteiger partial charge < -0.3 is 5.32 Å². The quantitative estimate of drug-likeness (QED) is 0.815. The van der Waals surface area contributed by atoms with Crippen molar-refractivity contribution in [1.82, 2.24) is 10.2 Å². The smallest absolute Gasteiger partial charge is 0.224 e. The number of likely N-dealkylation sites (tertiary alicyclic amines) is 1. The number of nitrogens with one attached hydrogen (secondary N) is 1. The SMILES string of the molecule is CCc1ccc([C@H](C)NC(=O)[C@H]2CCCN(Cc3ccc(F)cc3)C2)cc1. The van der Waals surface area contributed by atoms with E-state index in [9.17, 15) is 9.18 Å². The van der Waals surface area contributed by atoms with Crippen LogP contribution in [0, 0.1) is 11.7 Å². The van der Waals surface area contributed by atoms with Gasteiger partial charge in [0.2, 0.25) is 5.91 Å². The first-order valence-electron chi connectivity index (χ1n) is 9.91. The Hall–Kier alpha value is -2.20. The second kappa shape index (κ2) is 9.14. The van der Waals surface area contributed by atoms with E-state index in [-0.39, 0.29) is 23.7 Å². The van der Waals surface area contributed by atoms with Gasteiger partial charge in [0.05, 0.1) is 12.0 Å². The lowest BCUT2D eigenvalue weighted by atomic mass is 9.95. The Morgan fingerprint density at radius 1 is 1.15 bits per heavy atom. The van der Waals surface area contributed by atoms with E-state index in [0.29, 0.717) is 0 Å². The highest BCUT2D eigenvalue weighted by Gasteiger charge is 2.26. The monoisotopic (exact) mass is 368 g/mol. The van der Waals surface area contributed by atoms with Crippen molar-refractivity contribution in [2.45, 2.75) is 45.7 Å². The Kier molecular flexibility index (Phi) is 6.62. The number of benzene rings is 2. The van der Waals surface area contributed by atoms with Crippen molar-refractivity contribution < 1.29 is 9.18 Å². The molecule has 0 saturated carbocycles. The van der Waals surface area contributed by atoms with E-state index >= 15 is 0 Å². The molecule has 2 aromatic carbocycles. The van der Waals surface area contributed by atoms with Crippen molar-refractivity contribution in [2.24, 2.45) is 5.92 Å². The molecular formula is C23H29FN2O. The van der Waals surface area contributed by atoms with Crippen molar-refractivity contribution in [3.63, 3.8) is 0 Å². The fourth-order valence-electron chi connectivity index (χ4n) is 3.72. The van der Waals surface area contributed by atoms with E-state index in [1.807, 2.05) is 19.1 Å². The number of nitrogens with zero attached hydrogens (tertiary/aromatic N) is 1. The molecule has 3 nitrogen and oxygen atoms in total. The molecule has 0 radical (unpaired) electrons. The second-order valence-electron chi connectivity index (χ2n) is 7.53. The van der Waals surface area contributed by atoms with Gasteiger partial charge in [0.25, 0.3) is 0 Å². The Morgan fingerprint density at radius 2 is 1.81 bits per heavy atom. The van der Waals surface area contributed by atoms with Gasteiger partial charge in [-0.1, -0.05) is 43.3 Å². The molecule has 1 heterocycles. The van der Waals surface area contributed by atoms with Gasteiger partial charge in [-0.2, -0.15) is 0 Å². The Labute approximate surface area is 161 Å². The highest BCUT2D eigenvalue weighted by Crippen LogP contribution is 2.21. The molecule has 1 N–H and O–H groups in total. The molecule has 1 amide bonds. The topological polar surface area (TPSA) is 32.3 Å². The molecule has 144 valence electrons. The van der Waals surface area contributed by atoms with Crippen LogP contribution in [0.1, 0.15) is 49.4 Å². The molecule has 27 heavy (non-hydrogen) atoms. The first-order valence-corrected chi connectivity index (χ1v) is 9.91. The zero-order chi connectivity index (χ0) is 19.2. The molecule has 0 aliphatic carbocycles. The molecule has 0 unspecified atom stereocenters. The van der Waals surface area contributed by atoms with Gasteiger partial charge in [-0.15, -0.1) is 0 Å². The molecular weight excluding hydrogens is 339 g/mol. The lowest BCUT2D eigenvalue weighted by molar-refractivity contribution is -0.127. The van der Waals surface area contributed by atoms with Crippen LogP contribution < -0.4 is 5.32 Å². The molecule has 1 aliphatic rings. The summed E-state index contributed by atoms with van der Waals surface area (Å²) in [4.78, 5) is 15.1. The average Bonchev–Trinajstić information content (AvgIpc) is 2.70. The van der Waals surface area contributed by atoms with Crippen LogP contribution in [0.25, 0.3) is 0 Å². The van der Waals surface area contributed by atoms with Crippen LogP contribution in [0.15, 0.2) is 48.5 Å². The summed E-state index contributed by atoms with van der Waals surface area (Å²) in [6.07, 6.45) is 2.96. The van der Waals surface area contributed by atoms with Crippen LogP contribution in [0.4, 0.5) is 4.39 Å². The molecule has 2 aromatic rings. The zero-order valence-electron chi connectivity index (χ0n) is 16.2. The van der Waals surface area contributed by atoms with E-state index in [2.05, 4.69) is 41.4 Å². The maximum atomic E-state index is 13.1. The zero-order valence-corrected chi connectivity index (χ0v) is 16.2. The summed E-state index contributed by atoms with van der Waals surface area (Å²) in [6, 6.07) is 15.1. The molecule has 2 atom stereocenters. The number of hydrogen-bond acceptors (Lipinski definition) is 2. The van der Waals surface area contributed by atoms with Gasteiger partial charge in [-0.3, -0.25) is 9.69 Å². The van der Waals surface area contributed by atoms with Gasteiger partial charge in [0.15, 0.2) is 0 Å². The molecule has 1 fully saturated rings. The number of piperidine rings is 1. The maximum absolute atomic E-state index is 13.1. The minimum absolute atomic E-state index is 0.0101. The second-order valence-corrected chi connectivity index (χ2v) is 7.53. The summed E-state index contributed by atoms with van der Waals surface area (Å²) in [7, 11) is 0. The van der Waals surface area contributed by atoms with Crippen molar-refractivity contribution in [3.8, 4) is 0 Å². The van der Waals surface area contributed by atoms with Gasteiger partial charge in [0.1, 0.15) is 5.82 Å². The van der Waals surface area contributed by atoms with E-state index < -0.39 is 0 Å². The molecule has 0 aromatic heterocycles. The summed E-state index contributed by atoms with van der Waals surface area (Å²) in [6.45, 7) is 6.68. The van der Waals surface area contributed by atoms with Gasteiger partial charge in [0, 0.05) is 13.1 Å². The first-order chi connectivity index (χ1) is 13.0. The van der Waals surface area contributed by atoms with Crippen LogP contribution >= 0.6 is 0 Å². The fraction of sp³-hybridized carbons (Fsp3) is 0.435. The molecule has 0 bridgehead atoms. The van der Waals surface area contributed by atoms with Crippen LogP contribution in [0.5, 0.6) is 0 Å². The van der Waals surface area contributed by atoms with E-state index in [0.717, 1.165) is 50.0 Å². The number of carbonyl (C=O) groups is 1. The largest absolute Gasteiger partial charge is 0.349 e. The summed E-state index contributed by atoms with van der Waals surface area (Å²) in [5.41, 5.74) is 3.53. The van der Waals surface area contributed by atoms with Crippen LogP contribution in [0.3, 0.4) is 0 Å². The minimum Gasteiger partial charge on any atom is -0.349 e. The number of rotatable bonds is 6. The summed E-state index contributed by atoms with van der Waals surface area (Å²) >= 11 is 0.